The monoisotopic (exact) mass is 482 g/mol. The van der Waals surface area contributed by atoms with Crippen molar-refractivity contribution >= 4 is 21.0 Å². The number of benzene rings is 4. The van der Waals surface area contributed by atoms with Crippen LogP contribution in [-0.4, -0.2) is 8.42 Å². The highest BCUT2D eigenvalue weighted by Gasteiger charge is 2.18. The van der Waals surface area contributed by atoms with Gasteiger partial charge >= 0.3 is 0 Å². The molecular formula is C30H26O4S. The lowest BCUT2D eigenvalue weighted by atomic mass is 10.1. The molecule has 0 aromatic heterocycles. The minimum Gasteiger partial charge on any atom is -0.457 e. The predicted molar refractivity (Wildman–Crippen MR) is 141 cm³/mol. The van der Waals surface area contributed by atoms with E-state index in [1.165, 1.54) is 0 Å². The summed E-state index contributed by atoms with van der Waals surface area (Å²) >= 11 is 0. The Morgan fingerprint density at radius 1 is 0.514 bits per heavy atom. The number of hydrogen-bond donors (Lipinski definition) is 0. The molecule has 0 radical (unpaired) electrons. The van der Waals surface area contributed by atoms with Crippen molar-refractivity contribution in [3.05, 3.63) is 121 Å². The lowest BCUT2D eigenvalue weighted by Gasteiger charge is -2.10. The molecule has 0 unspecified atom stereocenters. The maximum atomic E-state index is 13.1. The van der Waals surface area contributed by atoms with Crippen LogP contribution in [0.1, 0.15) is 25.0 Å². The molecule has 0 saturated heterocycles. The molecule has 5 heteroatoms. The molecule has 0 bridgehead atoms. The Morgan fingerprint density at radius 3 is 1.03 bits per heavy atom. The predicted octanol–water partition coefficient (Wildman–Crippen LogP) is 8.17. The van der Waals surface area contributed by atoms with E-state index in [0.717, 1.165) is 22.3 Å². The minimum atomic E-state index is -3.68. The third-order valence-electron chi connectivity index (χ3n) is 5.43. The molecule has 0 aliphatic rings. The molecule has 0 fully saturated rings. The molecule has 0 atom stereocenters. The maximum absolute atomic E-state index is 13.1. The molecule has 4 rings (SSSR count). The molecular weight excluding hydrogens is 456 g/mol. The first-order valence-corrected chi connectivity index (χ1v) is 12.5. The van der Waals surface area contributed by atoms with Gasteiger partial charge in [0.25, 0.3) is 0 Å². The maximum Gasteiger partial charge on any atom is 0.206 e. The Balaban J connectivity index is 1.44. The van der Waals surface area contributed by atoms with Gasteiger partial charge in [0, 0.05) is 0 Å². The minimum absolute atomic E-state index is 0.187. The average Bonchev–Trinajstić information content (AvgIpc) is 2.85. The van der Waals surface area contributed by atoms with Gasteiger partial charge in [-0.15, -0.1) is 0 Å². The standard InChI is InChI=1S/C30H26O4S/c1-21(2)23-5-9-25(10-6-23)33-27-13-17-29(18-14-27)35(31,32)30-19-15-28(16-20-30)34-26-11-7-24(8-12-26)22(3)4/h5-20H,1,3H2,2,4H3. The number of allylic oxidation sites excluding steroid dienone is 2. The topological polar surface area (TPSA) is 52.6 Å². The van der Waals surface area contributed by atoms with Crippen molar-refractivity contribution in [2.24, 2.45) is 0 Å². The van der Waals surface area contributed by atoms with Gasteiger partial charge in [0.15, 0.2) is 0 Å². The van der Waals surface area contributed by atoms with Gasteiger partial charge in [-0.3, -0.25) is 0 Å². The van der Waals surface area contributed by atoms with E-state index in [4.69, 9.17) is 9.47 Å². The third kappa shape index (κ3) is 5.70. The highest BCUT2D eigenvalue weighted by atomic mass is 32.2. The fraction of sp³-hybridized carbons (Fsp3) is 0.0667. The van der Waals surface area contributed by atoms with Crippen LogP contribution in [0.15, 0.2) is 120 Å². The van der Waals surface area contributed by atoms with Crippen LogP contribution in [0.4, 0.5) is 0 Å². The van der Waals surface area contributed by atoms with Crippen LogP contribution < -0.4 is 9.47 Å². The second kappa shape index (κ2) is 10.0. The number of hydrogen-bond acceptors (Lipinski definition) is 4. The zero-order chi connectivity index (χ0) is 25.0. The van der Waals surface area contributed by atoms with Crippen molar-refractivity contribution in [3.63, 3.8) is 0 Å². The van der Waals surface area contributed by atoms with Crippen molar-refractivity contribution in [2.75, 3.05) is 0 Å². The molecule has 35 heavy (non-hydrogen) atoms. The van der Waals surface area contributed by atoms with Crippen molar-refractivity contribution < 1.29 is 17.9 Å². The van der Waals surface area contributed by atoms with Gasteiger partial charge in [-0.05, 0) is 97.8 Å². The summed E-state index contributed by atoms with van der Waals surface area (Å²) in [6.45, 7) is 11.7. The molecule has 176 valence electrons. The fourth-order valence-corrected chi connectivity index (χ4v) is 4.66. The summed E-state index contributed by atoms with van der Waals surface area (Å²) in [7, 11) is -3.68. The summed E-state index contributed by atoms with van der Waals surface area (Å²) in [6.07, 6.45) is 0. The summed E-state index contributed by atoms with van der Waals surface area (Å²) < 4.78 is 37.8. The summed E-state index contributed by atoms with van der Waals surface area (Å²) in [5.41, 5.74) is 4.03. The lowest BCUT2D eigenvalue weighted by molar-refractivity contribution is 0.482. The Kier molecular flexibility index (Phi) is 6.90. The van der Waals surface area contributed by atoms with Crippen LogP contribution in [0.5, 0.6) is 23.0 Å². The summed E-state index contributed by atoms with van der Waals surface area (Å²) in [5.74, 6) is 2.42. The first-order valence-electron chi connectivity index (χ1n) is 11.1. The molecule has 4 aromatic rings. The molecule has 0 aliphatic heterocycles. The van der Waals surface area contributed by atoms with Gasteiger partial charge in [0.2, 0.25) is 9.84 Å². The Morgan fingerprint density at radius 2 is 0.771 bits per heavy atom. The number of rotatable bonds is 8. The molecule has 0 saturated carbocycles. The summed E-state index contributed by atoms with van der Waals surface area (Å²) in [6, 6.07) is 27.9. The van der Waals surface area contributed by atoms with Gasteiger partial charge in [-0.1, -0.05) is 48.6 Å². The van der Waals surface area contributed by atoms with Crippen LogP contribution >= 0.6 is 0 Å². The van der Waals surface area contributed by atoms with E-state index < -0.39 is 9.84 Å². The number of ether oxygens (including phenoxy) is 2. The molecule has 0 amide bonds. The molecule has 0 aliphatic carbocycles. The van der Waals surface area contributed by atoms with E-state index >= 15 is 0 Å². The zero-order valence-corrected chi connectivity index (χ0v) is 20.5. The van der Waals surface area contributed by atoms with Gasteiger partial charge in [0.05, 0.1) is 9.79 Å². The average molecular weight is 483 g/mol. The highest BCUT2D eigenvalue weighted by Crippen LogP contribution is 2.29. The third-order valence-corrected chi connectivity index (χ3v) is 7.22. The zero-order valence-electron chi connectivity index (χ0n) is 19.7. The van der Waals surface area contributed by atoms with Crippen molar-refractivity contribution in [1.29, 1.82) is 0 Å². The van der Waals surface area contributed by atoms with Crippen molar-refractivity contribution in [2.45, 2.75) is 23.6 Å². The molecule has 0 N–H and O–H groups in total. The first kappa shape index (κ1) is 24.0. The lowest BCUT2D eigenvalue weighted by Crippen LogP contribution is -2.01. The van der Waals surface area contributed by atoms with Gasteiger partial charge < -0.3 is 9.47 Å². The van der Waals surface area contributed by atoms with Crippen LogP contribution in [-0.2, 0) is 9.84 Å². The van der Waals surface area contributed by atoms with E-state index in [2.05, 4.69) is 13.2 Å². The van der Waals surface area contributed by atoms with E-state index in [0.29, 0.717) is 23.0 Å². The van der Waals surface area contributed by atoms with Crippen LogP contribution in [0.3, 0.4) is 0 Å². The Bertz CT molecular complexity index is 1340. The molecule has 4 aromatic carbocycles. The fourth-order valence-electron chi connectivity index (χ4n) is 3.40. The smallest absolute Gasteiger partial charge is 0.206 e. The SMILES string of the molecule is C=C(C)c1ccc(Oc2ccc(S(=O)(=O)c3ccc(Oc4ccc(C(=C)C)cc4)cc3)cc2)cc1. The van der Waals surface area contributed by atoms with Crippen molar-refractivity contribution in [3.8, 4) is 23.0 Å². The molecule has 4 nitrogen and oxygen atoms in total. The summed E-state index contributed by atoms with van der Waals surface area (Å²) in [4.78, 5) is 0.373. The van der Waals surface area contributed by atoms with Crippen LogP contribution in [0.2, 0.25) is 0 Å². The molecule has 0 heterocycles. The van der Waals surface area contributed by atoms with E-state index in [1.54, 1.807) is 48.5 Å². The second-order valence-corrected chi connectivity index (χ2v) is 10.2. The quantitative estimate of drug-likeness (QED) is 0.254. The normalized spacial score (nSPS) is 11.0. The van der Waals surface area contributed by atoms with Crippen LogP contribution in [0.25, 0.3) is 11.1 Å². The largest absolute Gasteiger partial charge is 0.457 e. The second-order valence-electron chi connectivity index (χ2n) is 8.26. The Hall–Kier alpha value is -4.09. The van der Waals surface area contributed by atoms with Crippen molar-refractivity contribution in [1.82, 2.24) is 0 Å². The Labute approximate surface area is 206 Å². The first-order chi connectivity index (χ1) is 16.7. The van der Waals surface area contributed by atoms with E-state index in [9.17, 15) is 8.42 Å². The van der Waals surface area contributed by atoms with Gasteiger partial charge in [-0.25, -0.2) is 8.42 Å². The van der Waals surface area contributed by atoms with Gasteiger partial charge in [0.1, 0.15) is 23.0 Å². The van der Waals surface area contributed by atoms with Gasteiger partial charge in [-0.2, -0.15) is 0 Å². The molecule has 0 spiro atoms. The highest BCUT2D eigenvalue weighted by molar-refractivity contribution is 7.91. The van der Waals surface area contributed by atoms with E-state index in [-0.39, 0.29) is 9.79 Å². The summed E-state index contributed by atoms with van der Waals surface area (Å²) in [5, 5.41) is 0. The van der Waals surface area contributed by atoms with E-state index in [1.807, 2.05) is 62.4 Å². The van der Waals surface area contributed by atoms with Crippen LogP contribution in [0, 0.1) is 0 Å². The number of sulfone groups is 1.